The molecule has 0 radical (unpaired) electrons. The Kier molecular flexibility index (Phi) is 7.65. The highest BCUT2D eigenvalue weighted by molar-refractivity contribution is 5.98. The first kappa shape index (κ1) is 24.9. The summed E-state index contributed by atoms with van der Waals surface area (Å²) in [6.45, 7) is 1.77. The number of methoxy groups -OCH3 is 1. The monoisotopic (exact) mass is 488 g/mol. The minimum absolute atomic E-state index is 0.000719. The van der Waals surface area contributed by atoms with Crippen LogP contribution >= 0.6 is 0 Å². The first-order valence-electron chi connectivity index (χ1n) is 11.5. The van der Waals surface area contributed by atoms with Crippen LogP contribution in [0.5, 0.6) is 5.75 Å². The largest absolute Gasteiger partial charge is 0.489 e. The van der Waals surface area contributed by atoms with E-state index in [-0.39, 0.29) is 13.2 Å². The predicted molar refractivity (Wildman–Crippen MR) is 131 cm³/mol. The molecule has 1 aliphatic rings. The van der Waals surface area contributed by atoms with Crippen LogP contribution in [0.1, 0.15) is 29.7 Å². The van der Waals surface area contributed by atoms with Gasteiger partial charge in [0.15, 0.2) is 6.04 Å². The van der Waals surface area contributed by atoms with Crippen LogP contribution in [-0.4, -0.2) is 42.1 Å². The van der Waals surface area contributed by atoms with E-state index in [9.17, 15) is 14.4 Å². The lowest BCUT2D eigenvalue weighted by Gasteiger charge is -2.49. The Balaban J connectivity index is 1.52. The number of likely N-dealkylation sites (tertiary alicyclic amines) is 1. The van der Waals surface area contributed by atoms with E-state index < -0.39 is 29.6 Å². The predicted octanol–water partition coefficient (Wildman–Crippen LogP) is 3.37. The molecule has 0 aromatic heterocycles. The number of nitrogens with zero attached hydrogens (tertiary/aromatic N) is 1. The van der Waals surface area contributed by atoms with Gasteiger partial charge in [0.1, 0.15) is 19.0 Å². The van der Waals surface area contributed by atoms with Crippen LogP contribution in [0.3, 0.4) is 0 Å². The molecular formula is C28H28N2O6. The molecule has 2 atom stereocenters. The van der Waals surface area contributed by atoms with Crippen molar-refractivity contribution >= 4 is 17.8 Å². The smallest absolute Gasteiger partial charge is 0.333 e. The third-order valence-corrected chi connectivity index (χ3v) is 5.93. The molecule has 1 aliphatic heterocycles. The van der Waals surface area contributed by atoms with E-state index in [2.05, 4.69) is 5.32 Å². The van der Waals surface area contributed by atoms with E-state index in [0.717, 1.165) is 11.1 Å². The molecule has 3 aromatic rings. The molecule has 8 heteroatoms. The zero-order valence-electron chi connectivity index (χ0n) is 20.2. The number of benzene rings is 3. The van der Waals surface area contributed by atoms with Gasteiger partial charge in [-0.2, -0.15) is 0 Å². The van der Waals surface area contributed by atoms with Crippen molar-refractivity contribution in [2.24, 2.45) is 0 Å². The molecule has 2 unspecified atom stereocenters. The number of rotatable bonds is 10. The number of hydrogen-bond acceptors (Lipinski definition) is 6. The standard InChI is InChI=1S/C28H28N2O6/c1-20(31)29-28(34-2)19-30(27(28)33)25(26(32)36-18-22-11-7-4-8-12-22)23-13-15-24(16-14-23)35-17-21-9-5-3-6-10-21/h3-16,25H,17-19H2,1-2H3,(H,29,31). The summed E-state index contributed by atoms with van der Waals surface area (Å²) in [7, 11) is 1.34. The van der Waals surface area contributed by atoms with Crippen LogP contribution in [0.15, 0.2) is 84.9 Å². The van der Waals surface area contributed by atoms with Gasteiger partial charge >= 0.3 is 5.97 Å². The van der Waals surface area contributed by atoms with Gasteiger partial charge in [-0.05, 0) is 28.8 Å². The van der Waals surface area contributed by atoms with E-state index in [4.69, 9.17) is 14.2 Å². The zero-order chi connectivity index (χ0) is 25.5. The van der Waals surface area contributed by atoms with E-state index in [1.807, 2.05) is 60.7 Å². The molecule has 8 nitrogen and oxygen atoms in total. The van der Waals surface area contributed by atoms with E-state index >= 15 is 0 Å². The molecule has 0 spiro atoms. The summed E-state index contributed by atoms with van der Waals surface area (Å²) in [4.78, 5) is 39.3. The highest BCUT2D eigenvalue weighted by atomic mass is 16.5. The highest BCUT2D eigenvalue weighted by Gasteiger charge is 2.57. The van der Waals surface area contributed by atoms with Crippen LogP contribution < -0.4 is 10.1 Å². The Bertz CT molecular complexity index is 1200. The summed E-state index contributed by atoms with van der Waals surface area (Å²) in [6.07, 6.45) is 0. The number of carbonyl (C=O) groups is 3. The number of hydrogen-bond donors (Lipinski definition) is 1. The molecule has 1 heterocycles. The van der Waals surface area contributed by atoms with Gasteiger partial charge in [-0.3, -0.25) is 9.59 Å². The maximum atomic E-state index is 13.2. The van der Waals surface area contributed by atoms with Gasteiger partial charge in [0.05, 0.1) is 6.54 Å². The van der Waals surface area contributed by atoms with Gasteiger partial charge in [0, 0.05) is 14.0 Å². The van der Waals surface area contributed by atoms with Crippen molar-refractivity contribution in [3.8, 4) is 5.75 Å². The second kappa shape index (κ2) is 11.0. The molecule has 0 bridgehead atoms. The molecular weight excluding hydrogens is 460 g/mol. The Morgan fingerprint density at radius 2 is 1.50 bits per heavy atom. The molecule has 1 N–H and O–H groups in total. The van der Waals surface area contributed by atoms with Gasteiger partial charge in [-0.1, -0.05) is 72.8 Å². The SMILES string of the molecule is COC1(NC(C)=O)CN(C(C(=O)OCc2ccccc2)c2ccc(OCc3ccccc3)cc2)C1=O. The average molecular weight is 489 g/mol. The minimum atomic E-state index is -1.50. The highest BCUT2D eigenvalue weighted by Crippen LogP contribution is 2.35. The molecule has 1 fully saturated rings. The van der Waals surface area contributed by atoms with Crippen molar-refractivity contribution < 1.29 is 28.6 Å². The van der Waals surface area contributed by atoms with Crippen LogP contribution in [-0.2, 0) is 37.1 Å². The van der Waals surface area contributed by atoms with Gasteiger partial charge < -0.3 is 24.4 Å². The molecule has 0 aliphatic carbocycles. The van der Waals surface area contributed by atoms with Crippen molar-refractivity contribution in [2.75, 3.05) is 13.7 Å². The Labute approximate surface area is 209 Å². The summed E-state index contributed by atoms with van der Waals surface area (Å²) in [6, 6.07) is 25.0. The van der Waals surface area contributed by atoms with Gasteiger partial charge in [0.25, 0.3) is 5.91 Å². The minimum Gasteiger partial charge on any atom is -0.489 e. The van der Waals surface area contributed by atoms with Crippen molar-refractivity contribution in [1.82, 2.24) is 10.2 Å². The van der Waals surface area contributed by atoms with E-state index in [1.54, 1.807) is 24.3 Å². The van der Waals surface area contributed by atoms with Crippen LogP contribution in [0.25, 0.3) is 0 Å². The summed E-state index contributed by atoms with van der Waals surface area (Å²) in [5, 5.41) is 2.54. The Morgan fingerprint density at radius 1 is 0.917 bits per heavy atom. The number of β-lactam (4-membered cyclic amide) rings is 1. The average Bonchev–Trinajstić information content (AvgIpc) is 2.91. The fraction of sp³-hybridized carbons (Fsp3) is 0.250. The van der Waals surface area contributed by atoms with Crippen LogP contribution in [0.2, 0.25) is 0 Å². The van der Waals surface area contributed by atoms with Gasteiger partial charge in [-0.15, -0.1) is 0 Å². The van der Waals surface area contributed by atoms with Crippen LogP contribution in [0.4, 0.5) is 0 Å². The molecule has 2 amide bonds. The number of ether oxygens (including phenoxy) is 3. The normalized spacial score (nSPS) is 17.6. The maximum absolute atomic E-state index is 13.2. The van der Waals surface area contributed by atoms with Crippen molar-refractivity contribution in [2.45, 2.75) is 31.9 Å². The quantitative estimate of drug-likeness (QED) is 0.267. The third kappa shape index (κ3) is 5.55. The lowest BCUT2D eigenvalue weighted by atomic mass is 9.95. The Hall–Kier alpha value is -4.17. The summed E-state index contributed by atoms with van der Waals surface area (Å²) >= 11 is 0. The number of carbonyl (C=O) groups excluding carboxylic acids is 3. The third-order valence-electron chi connectivity index (χ3n) is 5.93. The van der Waals surface area contributed by atoms with Crippen molar-refractivity contribution in [3.05, 3.63) is 102 Å². The Morgan fingerprint density at radius 3 is 2.03 bits per heavy atom. The van der Waals surface area contributed by atoms with E-state index in [1.165, 1.54) is 18.9 Å². The summed E-state index contributed by atoms with van der Waals surface area (Å²) < 4.78 is 16.7. The molecule has 1 saturated heterocycles. The topological polar surface area (TPSA) is 94.2 Å². The van der Waals surface area contributed by atoms with Crippen molar-refractivity contribution in [3.63, 3.8) is 0 Å². The number of amides is 2. The summed E-state index contributed by atoms with van der Waals surface area (Å²) in [5.74, 6) is -0.893. The lowest BCUT2D eigenvalue weighted by Crippen LogP contribution is -2.75. The second-order valence-corrected chi connectivity index (χ2v) is 8.48. The fourth-order valence-electron chi connectivity index (χ4n) is 4.05. The maximum Gasteiger partial charge on any atom is 0.333 e. The number of esters is 1. The summed E-state index contributed by atoms with van der Waals surface area (Å²) in [5.41, 5.74) is 0.918. The van der Waals surface area contributed by atoms with Gasteiger partial charge in [0.2, 0.25) is 11.6 Å². The molecule has 36 heavy (non-hydrogen) atoms. The zero-order valence-corrected chi connectivity index (χ0v) is 20.2. The van der Waals surface area contributed by atoms with E-state index in [0.29, 0.717) is 17.9 Å². The molecule has 186 valence electrons. The molecule has 0 saturated carbocycles. The lowest BCUT2D eigenvalue weighted by molar-refractivity contribution is -0.199. The first-order chi connectivity index (χ1) is 17.4. The second-order valence-electron chi connectivity index (χ2n) is 8.48. The van der Waals surface area contributed by atoms with Gasteiger partial charge in [-0.25, -0.2) is 4.79 Å². The fourth-order valence-corrected chi connectivity index (χ4v) is 4.05. The van der Waals surface area contributed by atoms with Crippen LogP contribution in [0, 0.1) is 0 Å². The number of nitrogens with one attached hydrogen (secondary N) is 1. The molecule has 4 rings (SSSR count). The van der Waals surface area contributed by atoms with Crippen molar-refractivity contribution in [1.29, 1.82) is 0 Å². The first-order valence-corrected chi connectivity index (χ1v) is 11.5. The molecule has 3 aromatic carbocycles.